The zero-order chi connectivity index (χ0) is 34.1. The lowest BCUT2D eigenvalue weighted by molar-refractivity contribution is -0.118. The lowest BCUT2D eigenvalue weighted by Gasteiger charge is -2.28. The maximum atomic E-state index is 13.6. The summed E-state index contributed by atoms with van der Waals surface area (Å²) in [5.41, 5.74) is 1.99. The summed E-state index contributed by atoms with van der Waals surface area (Å²) < 4.78 is 66.1. The molecule has 0 aliphatic rings. The van der Waals surface area contributed by atoms with Gasteiger partial charge in [0.25, 0.3) is 10.1 Å². The molecule has 0 saturated carbocycles. The van der Waals surface area contributed by atoms with E-state index < -0.39 is 36.0 Å². The van der Waals surface area contributed by atoms with Gasteiger partial charge in [-0.1, -0.05) is 35.3 Å². The van der Waals surface area contributed by atoms with Crippen molar-refractivity contribution in [3.8, 4) is 11.5 Å². The van der Waals surface area contributed by atoms with E-state index in [0.717, 1.165) is 6.26 Å². The predicted molar refractivity (Wildman–Crippen MR) is 185 cm³/mol. The van der Waals surface area contributed by atoms with Crippen molar-refractivity contribution in [1.82, 2.24) is 14.5 Å². The van der Waals surface area contributed by atoms with E-state index in [2.05, 4.69) is 15.3 Å². The number of carbonyl (C=O) groups excluding carboxylic acids is 1. The average molecular weight is 737 g/mol. The van der Waals surface area contributed by atoms with Crippen molar-refractivity contribution in [3.63, 3.8) is 0 Å². The minimum Gasteiger partial charge on any atom is -0.456 e. The van der Waals surface area contributed by atoms with Gasteiger partial charge in [-0.05, 0) is 74.0 Å². The first-order valence-electron chi connectivity index (χ1n) is 14.0. The molecule has 17 heteroatoms. The first-order chi connectivity index (χ1) is 22.1. The third kappa shape index (κ3) is 8.06. The van der Waals surface area contributed by atoms with Gasteiger partial charge in [-0.15, -0.1) is 0 Å². The van der Waals surface area contributed by atoms with Crippen LogP contribution in [0.5, 0.6) is 11.5 Å². The molecule has 1 atom stereocenters. The van der Waals surface area contributed by atoms with Crippen LogP contribution in [0.4, 0.5) is 17.2 Å². The fraction of sp³-hybridized carbons (Fsp3) is 0.194. The number of ether oxygens (including phenoxy) is 1. The van der Waals surface area contributed by atoms with Crippen LogP contribution in [0.1, 0.15) is 12.5 Å². The second-order valence-electron chi connectivity index (χ2n) is 10.6. The molecule has 0 aliphatic carbocycles. The van der Waals surface area contributed by atoms with Gasteiger partial charge in [-0.2, -0.15) is 8.42 Å². The first-order valence-corrected chi connectivity index (χ1v) is 18.2. The fourth-order valence-corrected chi connectivity index (χ4v) is 6.54. The molecule has 13 nitrogen and oxygen atoms in total. The Morgan fingerprint density at radius 1 is 1.04 bits per heavy atom. The molecule has 3 aromatic carbocycles. The van der Waals surface area contributed by atoms with E-state index >= 15 is 0 Å². The SMILES string of the molecule is Cc1c(N(CCn2ccc3ncnc(Nc4ccc(Oc5cccc(Cl)c5)c(Cl)c4)c32)C(=O)C(C)S(C)(=O)=O)cccc1S(=O)(=O)O.O. The summed E-state index contributed by atoms with van der Waals surface area (Å²) >= 11 is 12.6. The molecule has 2 aromatic heterocycles. The van der Waals surface area contributed by atoms with Gasteiger partial charge in [0.1, 0.15) is 28.6 Å². The quantitative estimate of drug-likeness (QED) is 0.164. The molecule has 48 heavy (non-hydrogen) atoms. The van der Waals surface area contributed by atoms with E-state index in [0.29, 0.717) is 44.1 Å². The molecule has 0 saturated heterocycles. The number of hydrogen-bond donors (Lipinski definition) is 2. The molecule has 0 aliphatic heterocycles. The van der Waals surface area contributed by atoms with Gasteiger partial charge in [0, 0.05) is 41.9 Å². The van der Waals surface area contributed by atoms with Gasteiger partial charge >= 0.3 is 0 Å². The summed E-state index contributed by atoms with van der Waals surface area (Å²) in [5, 5.41) is 2.66. The number of anilines is 3. The monoisotopic (exact) mass is 735 g/mol. The van der Waals surface area contributed by atoms with Gasteiger partial charge in [0.05, 0.1) is 15.4 Å². The highest BCUT2D eigenvalue weighted by molar-refractivity contribution is 7.92. The molecule has 0 radical (unpaired) electrons. The van der Waals surface area contributed by atoms with Crippen LogP contribution in [-0.4, -0.2) is 65.4 Å². The molecule has 254 valence electrons. The highest BCUT2D eigenvalue weighted by Crippen LogP contribution is 2.34. The van der Waals surface area contributed by atoms with E-state index in [4.69, 9.17) is 27.9 Å². The summed E-state index contributed by atoms with van der Waals surface area (Å²) in [4.78, 5) is 23.1. The minimum atomic E-state index is -4.62. The maximum absolute atomic E-state index is 13.6. The Morgan fingerprint density at radius 3 is 2.44 bits per heavy atom. The number of halogens is 2. The van der Waals surface area contributed by atoms with Crippen LogP contribution in [0.3, 0.4) is 0 Å². The Balaban J connectivity index is 0.00000520. The number of fused-ring (bicyclic) bond motifs is 1. The molecule has 0 fully saturated rings. The van der Waals surface area contributed by atoms with Gasteiger partial charge < -0.3 is 25.0 Å². The highest BCUT2D eigenvalue weighted by Gasteiger charge is 2.31. The number of amides is 1. The summed E-state index contributed by atoms with van der Waals surface area (Å²) in [6.45, 7) is 2.77. The number of carbonyl (C=O) groups is 1. The Hall–Kier alpha value is -4.25. The van der Waals surface area contributed by atoms with Crippen LogP contribution in [-0.2, 0) is 31.3 Å². The van der Waals surface area contributed by atoms with Gasteiger partial charge in [-0.25, -0.2) is 18.4 Å². The van der Waals surface area contributed by atoms with Crippen LogP contribution in [0, 0.1) is 6.92 Å². The number of rotatable bonds is 11. The number of hydrogen-bond acceptors (Lipinski definition) is 9. The molecule has 5 aromatic rings. The molecular formula is C31H31Cl2N5O8S2. The molecule has 1 amide bonds. The Kier molecular flexibility index (Phi) is 11.0. The largest absolute Gasteiger partial charge is 0.456 e. The van der Waals surface area contributed by atoms with E-state index in [1.807, 2.05) is 0 Å². The van der Waals surface area contributed by atoms with Crippen molar-refractivity contribution in [1.29, 1.82) is 0 Å². The first kappa shape index (κ1) is 36.6. The van der Waals surface area contributed by atoms with Gasteiger partial charge in [-0.3, -0.25) is 9.35 Å². The summed E-state index contributed by atoms with van der Waals surface area (Å²) in [5.74, 6) is 0.598. The van der Waals surface area contributed by atoms with Crippen LogP contribution >= 0.6 is 23.2 Å². The summed E-state index contributed by atoms with van der Waals surface area (Å²) in [6, 6.07) is 17.8. The third-order valence-corrected chi connectivity index (χ3v) is 10.4. The lowest BCUT2D eigenvalue weighted by atomic mass is 10.1. The molecule has 5 rings (SSSR count). The number of nitrogens with one attached hydrogen (secondary N) is 1. The zero-order valence-electron chi connectivity index (χ0n) is 25.8. The van der Waals surface area contributed by atoms with Gasteiger partial charge in [0.2, 0.25) is 5.91 Å². The number of benzene rings is 3. The van der Waals surface area contributed by atoms with Crippen molar-refractivity contribution >= 4 is 77.3 Å². The van der Waals surface area contributed by atoms with Crippen LogP contribution in [0.25, 0.3) is 11.0 Å². The molecule has 1 unspecified atom stereocenters. The van der Waals surface area contributed by atoms with Crippen molar-refractivity contribution < 1.29 is 36.4 Å². The van der Waals surface area contributed by atoms with Crippen molar-refractivity contribution in [2.24, 2.45) is 0 Å². The summed E-state index contributed by atoms with van der Waals surface area (Å²) in [6.07, 6.45) is 4.08. The molecule has 0 bridgehead atoms. The second kappa shape index (κ2) is 14.5. The predicted octanol–water partition coefficient (Wildman–Crippen LogP) is 5.47. The summed E-state index contributed by atoms with van der Waals surface area (Å²) in [7, 11) is -8.42. The van der Waals surface area contributed by atoms with Crippen molar-refractivity contribution in [3.05, 3.63) is 94.9 Å². The Labute approximate surface area is 287 Å². The highest BCUT2D eigenvalue weighted by atomic mass is 35.5. The minimum absolute atomic E-state index is 0. The topological polar surface area (TPSA) is 192 Å². The lowest BCUT2D eigenvalue weighted by Crippen LogP contribution is -2.43. The smallest absolute Gasteiger partial charge is 0.294 e. The van der Waals surface area contributed by atoms with E-state index in [9.17, 15) is 26.2 Å². The Morgan fingerprint density at radius 2 is 1.77 bits per heavy atom. The second-order valence-corrected chi connectivity index (χ2v) is 15.2. The number of sulfone groups is 1. The molecular weight excluding hydrogens is 705 g/mol. The zero-order valence-corrected chi connectivity index (χ0v) is 28.9. The molecule has 2 heterocycles. The van der Waals surface area contributed by atoms with Crippen LogP contribution in [0.15, 0.2) is 84.1 Å². The maximum Gasteiger partial charge on any atom is 0.294 e. The third-order valence-electron chi connectivity index (χ3n) is 7.41. The van der Waals surface area contributed by atoms with E-state index in [1.165, 1.54) is 43.3 Å². The van der Waals surface area contributed by atoms with E-state index in [-0.39, 0.29) is 29.8 Å². The Bertz CT molecular complexity index is 2210. The van der Waals surface area contributed by atoms with Crippen molar-refractivity contribution in [2.45, 2.75) is 30.5 Å². The van der Waals surface area contributed by atoms with Crippen LogP contribution in [0.2, 0.25) is 10.0 Å². The van der Waals surface area contributed by atoms with Crippen molar-refractivity contribution in [2.75, 3.05) is 23.0 Å². The van der Waals surface area contributed by atoms with E-state index in [1.54, 1.807) is 59.3 Å². The fourth-order valence-electron chi connectivity index (χ4n) is 4.90. The molecule has 0 spiro atoms. The molecule has 4 N–H and O–H groups in total. The number of aromatic nitrogens is 3. The average Bonchev–Trinajstić information content (AvgIpc) is 3.42. The van der Waals surface area contributed by atoms with Crippen LogP contribution < -0.4 is 15.0 Å². The van der Waals surface area contributed by atoms with Gasteiger partial charge in [0.15, 0.2) is 15.7 Å². The standard InChI is InChI=1S/C31H29Cl2N5O7S2.H2O/c1-19-26(8-5-9-28(19)47(42,43)44)38(31(39)20(2)46(3,40)41)15-14-37-13-12-25-29(37)30(35-18-34-25)36-22-10-11-27(24(33)17-22)45-23-7-4-6-21(32)16-23;/h4-13,16-18,20H,14-15H2,1-3H3,(H,34,35,36)(H,42,43,44);1H2. The number of nitrogens with zero attached hydrogens (tertiary/aromatic N) is 4. The normalized spacial score (nSPS) is 12.3.